The summed E-state index contributed by atoms with van der Waals surface area (Å²) in [7, 11) is 0. The molecule has 3 rings (SSSR count). The number of hydrogen-bond acceptors (Lipinski definition) is 3. The second kappa shape index (κ2) is 8.60. The van der Waals surface area contributed by atoms with Crippen LogP contribution in [0.25, 0.3) is 0 Å². The zero-order valence-electron chi connectivity index (χ0n) is 14.4. The molecule has 0 atom stereocenters. The number of benzene rings is 1. The molecule has 0 spiro atoms. The van der Waals surface area contributed by atoms with Gasteiger partial charge in [0.15, 0.2) is 0 Å². The van der Waals surface area contributed by atoms with Gasteiger partial charge in [-0.25, -0.2) is 9.37 Å². The summed E-state index contributed by atoms with van der Waals surface area (Å²) in [6.45, 7) is 2.49. The average Bonchev–Trinajstić information content (AvgIpc) is 2.93. The average molecular weight is 341 g/mol. The normalized spacial score (nSPS) is 14.8. The molecule has 0 radical (unpaired) electrons. The number of carbonyl (C=O) groups is 1. The van der Waals surface area contributed by atoms with Gasteiger partial charge in [0.2, 0.25) is 0 Å². The van der Waals surface area contributed by atoms with Crippen LogP contribution < -0.4 is 10.2 Å². The van der Waals surface area contributed by atoms with E-state index in [2.05, 4.69) is 15.2 Å². The summed E-state index contributed by atoms with van der Waals surface area (Å²) >= 11 is 0. The molecule has 4 nitrogen and oxygen atoms in total. The monoisotopic (exact) mass is 341 g/mol. The van der Waals surface area contributed by atoms with E-state index in [9.17, 15) is 9.18 Å². The first-order chi connectivity index (χ1) is 12.2. The summed E-state index contributed by atoms with van der Waals surface area (Å²) in [4.78, 5) is 18.8. The van der Waals surface area contributed by atoms with E-state index in [4.69, 9.17) is 0 Å². The Hall–Kier alpha value is -2.43. The van der Waals surface area contributed by atoms with Crippen molar-refractivity contribution in [2.45, 2.75) is 32.1 Å². The number of nitrogens with one attached hydrogen (secondary N) is 1. The number of nitrogens with zero attached hydrogens (tertiary/aromatic N) is 2. The van der Waals surface area contributed by atoms with Crippen LogP contribution in [0.15, 0.2) is 42.6 Å². The SMILES string of the molecule is O=C(NCCc1ccccc1F)c1ccc(N2CCCCCC2)cn1. The van der Waals surface area contributed by atoms with Gasteiger partial charge < -0.3 is 10.2 Å². The maximum absolute atomic E-state index is 13.6. The molecule has 1 amide bonds. The van der Waals surface area contributed by atoms with Crippen molar-refractivity contribution in [1.29, 1.82) is 0 Å². The highest BCUT2D eigenvalue weighted by molar-refractivity contribution is 5.92. The van der Waals surface area contributed by atoms with Gasteiger partial charge >= 0.3 is 0 Å². The van der Waals surface area contributed by atoms with Crippen molar-refractivity contribution < 1.29 is 9.18 Å². The lowest BCUT2D eigenvalue weighted by atomic mass is 10.1. The fourth-order valence-corrected chi connectivity index (χ4v) is 3.14. The van der Waals surface area contributed by atoms with Crippen LogP contribution in [0, 0.1) is 5.82 Å². The van der Waals surface area contributed by atoms with E-state index in [1.807, 2.05) is 6.07 Å². The Morgan fingerprint density at radius 2 is 1.84 bits per heavy atom. The highest BCUT2D eigenvalue weighted by Crippen LogP contribution is 2.18. The van der Waals surface area contributed by atoms with Gasteiger partial charge in [-0.1, -0.05) is 31.0 Å². The first kappa shape index (κ1) is 17.4. The molecule has 0 unspecified atom stereocenters. The van der Waals surface area contributed by atoms with Crippen molar-refractivity contribution in [1.82, 2.24) is 10.3 Å². The third kappa shape index (κ3) is 4.78. The van der Waals surface area contributed by atoms with Gasteiger partial charge in [-0.2, -0.15) is 0 Å². The Labute approximate surface area is 148 Å². The Morgan fingerprint density at radius 1 is 1.08 bits per heavy atom. The fraction of sp³-hybridized carbons (Fsp3) is 0.400. The van der Waals surface area contributed by atoms with Gasteiger partial charge in [0.05, 0.1) is 11.9 Å². The summed E-state index contributed by atoms with van der Waals surface area (Å²) < 4.78 is 13.6. The van der Waals surface area contributed by atoms with E-state index in [0.717, 1.165) is 18.8 Å². The number of pyridine rings is 1. The molecule has 1 N–H and O–H groups in total. The molecule has 1 saturated heterocycles. The van der Waals surface area contributed by atoms with E-state index >= 15 is 0 Å². The quantitative estimate of drug-likeness (QED) is 0.904. The van der Waals surface area contributed by atoms with E-state index in [-0.39, 0.29) is 11.7 Å². The second-order valence-electron chi connectivity index (χ2n) is 6.40. The van der Waals surface area contributed by atoms with E-state index in [1.165, 1.54) is 31.7 Å². The molecule has 0 saturated carbocycles. The minimum atomic E-state index is -0.239. The molecular weight excluding hydrogens is 317 g/mol. The lowest BCUT2D eigenvalue weighted by Crippen LogP contribution is -2.27. The lowest BCUT2D eigenvalue weighted by molar-refractivity contribution is 0.0949. The number of amides is 1. The summed E-state index contributed by atoms with van der Waals surface area (Å²) in [6.07, 6.45) is 7.22. The van der Waals surface area contributed by atoms with Gasteiger partial charge in [-0.15, -0.1) is 0 Å². The van der Waals surface area contributed by atoms with Crippen LogP contribution in [0.4, 0.5) is 10.1 Å². The molecule has 1 fully saturated rings. The van der Waals surface area contributed by atoms with Gasteiger partial charge in [0.1, 0.15) is 11.5 Å². The van der Waals surface area contributed by atoms with Crippen molar-refractivity contribution in [2.75, 3.05) is 24.5 Å². The number of halogens is 1. The number of anilines is 1. The van der Waals surface area contributed by atoms with Gasteiger partial charge in [0.25, 0.3) is 5.91 Å². The summed E-state index contributed by atoms with van der Waals surface area (Å²) in [5.41, 5.74) is 2.07. The molecule has 1 aliphatic heterocycles. The third-order valence-corrected chi connectivity index (χ3v) is 4.59. The van der Waals surface area contributed by atoms with Crippen LogP contribution in [0.2, 0.25) is 0 Å². The summed E-state index contributed by atoms with van der Waals surface area (Å²) in [6, 6.07) is 10.3. The predicted octanol–water partition coefficient (Wildman–Crippen LogP) is 3.57. The van der Waals surface area contributed by atoms with E-state index < -0.39 is 0 Å². The van der Waals surface area contributed by atoms with Crippen LogP contribution in [0.3, 0.4) is 0 Å². The minimum absolute atomic E-state index is 0.223. The van der Waals surface area contributed by atoms with Crippen LogP contribution in [-0.4, -0.2) is 30.5 Å². The number of aromatic nitrogens is 1. The van der Waals surface area contributed by atoms with Gasteiger partial charge in [-0.05, 0) is 43.0 Å². The Morgan fingerprint density at radius 3 is 2.52 bits per heavy atom. The van der Waals surface area contributed by atoms with E-state index in [1.54, 1.807) is 30.5 Å². The molecule has 25 heavy (non-hydrogen) atoms. The fourth-order valence-electron chi connectivity index (χ4n) is 3.14. The number of hydrogen-bond donors (Lipinski definition) is 1. The topological polar surface area (TPSA) is 45.2 Å². The smallest absolute Gasteiger partial charge is 0.269 e. The first-order valence-corrected chi connectivity index (χ1v) is 8.96. The molecule has 1 aromatic heterocycles. The molecule has 5 heteroatoms. The molecular formula is C20H24FN3O. The highest BCUT2D eigenvalue weighted by Gasteiger charge is 2.12. The van der Waals surface area contributed by atoms with Crippen LogP contribution in [-0.2, 0) is 6.42 Å². The molecule has 1 aromatic carbocycles. The number of carbonyl (C=O) groups excluding carboxylic acids is 1. The molecule has 2 aromatic rings. The van der Waals surface area contributed by atoms with Crippen molar-refractivity contribution in [2.24, 2.45) is 0 Å². The maximum atomic E-state index is 13.6. The van der Waals surface area contributed by atoms with Crippen LogP contribution in [0.1, 0.15) is 41.7 Å². The predicted molar refractivity (Wildman–Crippen MR) is 97.4 cm³/mol. The molecule has 2 heterocycles. The molecule has 132 valence electrons. The lowest BCUT2D eigenvalue weighted by Gasteiger charge is -2.22. The Kier molecular flexibility index (Phi) is 5.99. The Balaban J connectivity index is 1.53. The standard InChI is InChI=1S/C20H24FN3O/c21-18-8-4-3-7-16(18)11-12-22-20(25)19-10-9-17(15-23-19)24-13-5-1-2-6-14-24/h3-4,7-10,15H,1-2,5-6,11-14H2,(H,22,25). The van der Waals surface area contributed by atoms with Gasteiger partial charge in [-0.3, -0.25) is 4.79 Å². The van der Waals surface area contributed by atoms with Crippen molar-refractivity contribution >= 4 is 11.6 Å². The largest absolute Gasteiger partial charge is 0.370 e. The number of rotatable bonds is 5. The molecule has 0 aliphatic carbocycles. The van der Waals surface area contributed by atoms with Crippen molar-refractivity contribution in [3.8, 4) is 0 Å². The Bertz CT molecular complexity index is 694. The van der Waals surface area contributed by atoms with E-state index in [0.29, 0.717) is 24.2 Å². The molecule has 1 aliphatic rings. The second-order valence-corrected chi connectivity index (χ2v) is 6.40. The van der Waals surface area contributed by atoms with Gasteiger partial charge in [0, 0.05) is 19.6 Å². The minimum Gasteiger partial charge on any atom is -0.370 e. The third-order valence-electron chi connectivity index (χ3n) is 4.59. The zero-order chi connectivity index (χ0) is 17.5. The maximum Gasteiger partial charge on any atom is 0.269 e. The van der Waals surface area contributed by atoms with Crippen LogP contribution >= 0.6 is 0 Å². The van der Waals surface area contributed by atoms with Crippen molar-refractivity contribution in [3.05, 3.63) is 59.7 Å². The van der Waals surface area contributed by atoms with Crippen LogP contribution in [0.5, 0.6) is 0 Å². The summed E-state index contributed by atoms with van der Waals surface area (Å²) in [5, 5.41) is 2.80. The highest BCUT2D eigenvalue weighted by atomic mass is 19.1. The van der Waals surface area contributed by atoms with Crippen molar-refractivity contribution in [3.63, 3.8) is 0 Å². The first-order valence-electron chi connectivity index (χ1n) is 8.96. The summed E-state index contributed by atoms with van der Waals surface area (Å²) in [5.74, 6) is -0.463. The molecule has 0 bridgehead atoms. The zero-order valence-corrected chi connectivity index (χ0v) is 14.4.